The van der Waals surface area contributed by atoms with Gasteiger partial charge in [0.05, 0.1) is 22.3 Å². The smallest absolute Gasteiger partial charge is 0.149 e. The van der Waals surface area contributed by atoms with Crippen LogP contribution in [0.4, 0.5) is 0 Å². The van der Waals surface area contributed by atoms with Crippen molar-refractivity contribution in [3.05, 3.63) is 167 Å². The molecule has 8 aromatic rings. The van der Waals surface area contributed by atoms with Gasteiger partial charge in [0.1, 0.15) is 11.6 Å². The lowest BCUT2D eigenvalue weighted by Crippen LogP contribution is -2.11. The Kier molecular flexibility index (Phi) is 9.48. The number of nitrogens with zero attached hydrogens (tertiary/aromatic N) is 3. The van der Waals surface area contributed by atoms with Crippen LogP contribution in [0.2, 0.25) is 0 Å². The molecule has 6 aromatic carbocycles. The number of benzene rings is 6. The first-order valence-electron chi connectivity index (χ1n) is 19.9. The van der Waals surface area contributed by atoms with Crippen LogP contribution in [0.3, 0.4) is 0 Å². The van der Waals surface area contributed by atoms with Gasteiger partial charge in [-0.1, -0.05) is 126 Å². The van der Waals surface area contributed by atoms with Crippen LogP contribution in [-0.4, -0.2) is 19.6 Å². The fourth-order valence-electron chi connectivity index (χ4n) is 7.89. The topological polar surface area (TPSA) is 50.9 Å². The highest BCUT2D eigenvalue weighted by Gasteiger charge is 2.23. The number of aromatic nitrogens is 3. The van der Waals surface area contributed by atoms with Crippen LogP contribution >= 0.6 is 0 Å². The number of fused-ring (bicyclic) bond motifs is 1. The van der Waals surface area contributed by atoms with E-state index in [4.69, 9.17) is 9.97 Å². The standard InChI is InChI=1S/C53H51N3O/c1-33-24-35(3)50(57)46(27-33)51-55-49-45(16-13-17-48(49)56(51)44-26-34(2)25-39(31-44)36-14-11-10-12-15-36)40-28-41(30-43(29-40)53(7,8)9)47-32-38(22-23-54-47)37-18-20-42(21-19-37)52(4,5)6/h10-32,57H,1-9H3. The molecule has 8 rings (SSSR count). The summed E-state index contributed by atoms with van der Waals surface area (Å²) in [6.45, 7) is 19.7. The summed E-state index contributed by atoms with van der Waals surface area (Å²) in [6, 6.07) is 47.7. The zero-order chi connectivity index (χ0) is 40.2. The monoisotopic (exact) mass is 745 g/mol. The molecule has 0 saturated heterocycles. The molecule has 0 aliphatic rings. The maximum absolute atomic E-state index is 11.6. The SMILES string of the molecule is Cc1cc(-c2ccccc2)cc(-n2c(-c3cc(C)cc(C)c3O)nc3c(-c4cc(-c5cc(-c6ccc(C(C)(C)C)cc6)ccn5)cc(C(C)(C)C)c4)cccc32)c1. The lowest BCUT2D eigenvalue weighted by Gasteiger charge is -2.22. The van der Waals surface area contributed by atoms with Crippen LogP contribution in [-0.2, 0) is 10.8 Å². The maximum Gasteiger partial charge on any atom is 0.149 e. The third kappa shape index (κ3) is 7.40. The van der Waals surface area contributed by atoms with Crippen molar-refractivity contribution in [1.82, 2.24) is 14.5 Å². The normalized spacial score (nSPS) is 12.0. The van der Waals surface area contributed by atoms with E-state index in [1.54, 1.807) is 0 Å². The van der Waals surface area contributed by atoms with Gasteiger partial charge in [-0.05, 0) is 136 Å². The number of imidazole rings is 1. The molecule has 0 aliphatic carbocycles. The van der Waals surface area contributed by atoms with E-state index in [1.807, 2.05) is 31.3 Å². The predicted molar refractivity (Wildman–Crippen MR) is 239 cm³/mol. The minimum atomic E-state index is -0.121. The van der Waals surface area contributed by atoms with Crippen molar-refractivity contribution in [2.45, 2.75) is 73.1 Å². The zero-order valence-electron chi connectivity index (χ0n) is 34.6. The van der Waals surface area contributed by atoms with Gasteiger partial charge in [0, 0.05) is 23.0 Å². The van der Waals surface area contributed by atoms with E-state index in [0.717, 1.165) is 72.5 Å². The summed E-state index contributed by atoms with van der Waals surface area (Å²) in [4.78, 5) is 10.4. The van der Waals surface area contributed by atoms with Crippen LogP contribution in [0.1, 0.15) is 69.4 Å². The molecule has 4 nitrogen and oxygen atoms in total. The summed E-state index contributed by atoms with van der Waals surface area (Å²) < 4.78 is 2.22. The Morgan fingerprint density at radius 1 is 0.509 bits per heavy atom. The molecular formula is C53H51N3O. The number of phenolic OH excluding ortho intramolecular Hbond substituents is 1. The highest BCUT2D eigenvalue weighted by atomic mass is 16.3. The van der Waals surface area contributed by atoms with Crippen LogP contribution in [0.15, 0.2) is 140 Å². The van der Waals surface area contributed by atoms with E-state index in [-0.39, 0.29) is 16.6 Å². The summed E-state index contributed by atoms with van der Waals surface area (Å²) in [6.07, 6.45) is 1.92. The van der Waals surface area contributed by atoms with Crippen molar-refractivity contribution < 1.29 is 5.11 Å². The maximum atomic E-state index is 11.6. The number of pyridine rings is 1. The van der Waals surface area contributed by atoms with Gasteiger partial charge in [-0.15, -0.1) is 0 Å². The zero-order valence-corrected chi connectivity index (χ0v) is 34.6. The van der Waals surface area contributed by atoms with Crippen molar-refractivity contribution in [1.29, 1.82) is 0 Å². The molecule has 0 aliphatic heterocycles. The minimum absolute atomic E-state index is 0.0930. The van der Waals surface area contributed by atoms with Crippen molar-refractivity contribution >= 4 is 11.0 Å². The van der Waals surface area contributed by atoms with Crippen molar-refractivity contribution in [3.8, 4) is 67.5 Å². The molecule has 0 unspecified atom stereocenters. The number of para-hydroxylation sites is 1. The van der Waals surface area contributed by atoms with Crippen LogP contribution < -0.4 is 0 Å². The van der Waals surface area contributed by atoms with Crippen LogP contribution in [0.5, 0.6) is 5.75 Å². The van der Waals surface area contributed by atoms with E-state index in [9.17, 15) is 5.11 Å². The average Bonchev–Trinajstić information content (AvgIpc) is 3.58. The molecule has 57 heavy (non-hydrogen) atoms. The first kappa shape index (κ1) is 37.7. The molecule has 2 heterocycles. The molecule has 0 fully saturated rings. The molecule has 0 radical (unpaired) electrons. The minimum Gasteiger partial charge on any atom is -0.507 e. The first-order valence-corrected chi connectivity index (χ1v) is 19.9. The summed E-state index contributed by atoms with van der Waals surface area (Å²) in [5.74, 6) is 0.941. The van der Waals surface area contributed by atoms with Crippen molar-refractivity contribution in [3.63, 3.8) is 0 Å². The van der Waals surface area contributed by atoms with Gasteiger partial charge in [0.2, 0.25) is 0 Å². The fourth-order valence-corrected chi connectivity index (χ4v) is 7.89. The van der Waals surface area contributed by atoms with E-state index in [0.29, 0.717) is 11.4 Å². The number of hydrogen-bond donors (Lipinski definition) is 1. The number of phenols is 1. The summed E-state index contributed by atoms with van der Waals surface area (Å²) in [5.41, 5.74) is 17.7. The Morgan fingerprint density at radius 3 is 1.91 bits per heavy atom. The number of aryl methyl sites for hydroxylation is 3. The number of aromatic hydroxyl groups is 1. The third-order valence-electron chi connectivity index (χ3n) is 11.0. The molecule has 0 spiro atoms. The number of rotatable bonds is 6. The van der Waals surface area contributed by atoms with Crippen molar-refractivity contribution in [2.24, 2.45) is 0 Å². The number of hydrogen-bond acceptors (Lipinski definition) is 3. The van der Waals surface area contributed by atoms with Crippen LogP contribution in [0, 0.1) is 20.8 Å². The Bertz CT molecular complexity index is 2780. The molecular weight excluding hydrogens is 695 g/mol. The third-order valence-corrected chi connectivity index (χ3v) is 11.0. The van der Waals surface area contributed by atoms with E-state index < -0.39 is 0 Å². The largest absolute Gasteiger partial charge is 0.507 e. The Morgan fingerprint density at radius 2 is 1.19 bits per heavy atom. The van der Waals surface area contributed by atoms with Crippen LogP contribution in [0.25, 0.3) is 72.7 Å². The lowest BCUT2D eigenvalue weighted by molar-refractivity contribution is 0.472. The van der Waals surface area contributed by atoms with Gasteiger partial charge in [0.25, 0.3) is 0 Å². The molecule has 0 amide bonds. The highest BCUT2D eigenvalue weighted by molar-refractivity contribution is 5.97. The Hall–Kier alpha value is -6.26. The fraction of sp³-hybridized carbons (Fsp3) is 0.208. The van der Waals surface area contributed by atoms with Gasteiger partial charge in [-0.25, -0.2) is 4.98 Å². The lowest BCUT2D eigenvalue weighted by atomic mass is 9.83. The second kappa shape index (κ2) is 14.4. The second-order valence-corrected chi connectivity index (χ2v) is 17.7. The van der Waals surface area contributed by atoms with E-state index in [2.05, 4.69) is 175 Å². The Balaban J connectivity index is 1.34. The van der Waals surface area contributed by atoms with E-state index >= 15 is 0 Å². The van der Waals surface area contributed by atoms with E-state index in [1.165, 1.54) is 16.7 Å². The molecule has 1 N–H and O–H groups in total. The quantitative estimate of drug-likeness (QED) is 0.184. The molecule has 0 saturated carbocycles. The van der Waals surface area contributed by atoms with Crippen molar-refractivity contribution in [2.75, 3.05) is 0 Å². The molecule has 0 bridgehead atoms. The summed E-state index contributed by atoms with van der Waals surface area (Å²) in [5, 5.41) is 11.6. The van der Waals surface area contributed by atoms with Gasteiger partial charge in [-0.2, -0.15) is 0 Å². The molecule has 0 atom stereocenters. The second-order valence-electron chi connectivity index (χ2n) is 17.7. The van der Waals surface area contributed by atoms with Gasteiger partial charge in [0.15, 0.2) is 0 Å². The predicted octanol–water partition coefficient (Wildman–Crippen LogP) is 14.0. The highest BCUT2D eigenvalue weighted by Crippen LogP contribution is 2.42. The first-order chi connectivity index (χ1) is 27.1. The molecule has 284 valence electrons. The van der Waals surface area contributed by atoms with Gasteiger partial charge in [-0.3, -0.25) is 9.55 Å². The van der Waals surface area contributed by atoms with Gasteiger partial charge < -0.3 is 5.11 Å². The Labute approximate surface area is 337 Å². The molecule has 2 aromatic heterocycles. The summed E-state index contributed by atoms with van der Waals surface area (Å²) in [7, 11) is 0. The summed E-state index contributed by atoms with van der Waals surface area (Å²) >= 11 is 0. The molecule has 4 heteroatoms. The van der Waals surface area contributed by atoms with Gasteiger partial charge >= 0.3 is 0 Å². The average molecular weight is 746 g/mol.